The molecule has 2 aromatic rings. The normalized spacial score (nSPS) is 10.3. The van der Waals surface area contributed by atoms with Gasteiger partial charge < -0.3 is 11.1 Å². The number of nitrogens with one attached hydrogen (secondary N) is 1. The number of pyridine rings is 1. The minimum Gasteiger partial charge on any atom is -0.382 e. The second kappa shape index (κ2) is 6.35. The van der Waals surface area contributed by atoms with Crippen LogP contribution in [-0.4, -0.2) is 10.9 Å². The molecule has 7 heteroatoms. The Kier molecular flexibility index (Phi) is 4.75. The molecular formula is C13H11Cl2N3OS. The van der Waals surface area contributed by atoms with Crippen molar-refractivity contribution in [2.24, 2.45) is 0 Å². The molecule has 0 unspecified atom stereocenters. The summed E-state index contributed by atoms with van der Waals surface area (Å²) in [6.07, 6.45) is 0. The topological polar surface area (TPSA) is 68.0 Å². The number of hydrogen-bond donors (Lipinski definition) is 2. The summed E-state index contributed by atoms with van der Waals surface area (Å²) < 4.78 is 0. The summed E-state index contributed by atoms with van der Waals surface area (Å²) in [5, 5.41) is 4.06. The van der Waals surface area contributed by atoms with E-state index >= 15 is 0 Å². The quantitative estimate of drug-likeness (QED) is 0.891. The third-order valence-electron chi connectivity index (χ3n) is 2.31. The summed E-state index contributed by atoms with van der Waals surface area (Å²) in [5.41, 5.74) is 6.39. The first-order valence-electron chi connectivity index (χ1n) is 5.62. The van der Waals surface area contributed by atoms with Gasteiger partial charge in [-0.25, -0.2) is 4.98 Å². The molecule has 1 aromatic heterocycles. The summed E-state index contributed by atoms with van der Waals surface area (Å²) >= 11 is 13.3. The zero-order valence-electron chi connectivity index (χ0n) is 10.5. The van der Waals surface area contributed by atoms with Crippen molar-refractivity contribution in [3.8, 4) is 0 Å². The van der Waals surface area contributed by atoms with Crippen LogP contribution in [0.1, 0.15) is 6.92 Å². The van der Waals surface area contributed by atoms with Crippen LogP contribution in [0.15, 0.2) is 40.3 Å². The number of amides is 1. The van der Waals surface area contributed by atoms with E-state index in [0.29, 0.717) is 15.1 Å². The first kappa shape index (κ1) is 15.0. The lowest BCUT2D eigenvalue weighted by atomic mass is 10.3. The molecule has 20 heavy (non-hydrogen) atoms. The SMILES string of the molecule is CC(=O)Nc1ccc(Sc2nc(N)c(Cl)cc2Cl)cc1. The fourth-order valence-corrected chi connectivity index (χ4v) is 2.73. The largest absolute Gasteiger partial charge is 0.382 e. The van der Waals surface area contributed by atoms with Crippen LogP contribution < -0.4 is 11.1 Å². The molecule has 1 heterocycles. The molecule has 0 spiro atoms. The monoisotopic (exact) mass is 327 g/mol. The first-order chi connectivity index (χ1) is 9.45. The third kappa shape index (κ3) is 3.79. The molecule has 0 atom stereocenters. The van der Waals surface area contributed by atoms with Crippen molar-refractivity contribution in [2.45, 2.75) is 16.8 Å². The van der Waals surface area contributed by atoms with Gasteiger partial charge in [0.15, 0.2) is 0 Å². The van der Waals surface area contributed by atoms with E-state index in [9.17, 15) is 4.79 Å². The maximum atomic E-state index is 10.9. The summed E-state index contributed by atoms with van der Waals surface area (Å²) in [7, 11) is 0. The van der Waals surface area contributed by atoms with Gasteiger partial charge in [0.2, 0.25) is 5.91 Å². The number of hydrogen-bond acceptors (Lipinski definition) is 4. The summed E-state index contributed by atoms with van der Waals surface area (Å²) in [6.45, 7) is 1.46. The van der Waals surface area contributed by atoms with E-state index < -0.39 is 0 Å². The smallest absolute Gasteiger partial charge is 0.221 e. The van der Waals surface area contributed by atoms with Gasteiger partial charge in [-0.1, -0.05) is 35.0 Å². The molecule has 0 radical (unpaired) electrons. The highest BCUT2D eigenvalue weighted by molar-refractivity contribution is 7.99. The van der Waals surface area contributed by atoms with Crippen LogP contribution in [0.5, 0.6) is 0 Å². The number of anilines is 2. The Hall–Kier alpha value is -1.43. The average molecular weight is 328 g/mol. The van der Waals surface area contributed by atoms with E-state index in [1.54, 1.807) is 18.2 Å². The Morgan fingerprint density at radius 1 is 1.25 bits per heavy atom. The highest BCUT2D eigenvalue weighted by Gasteiger charge is 2.09. The van der Waals surface area contributed by atoms with Crippen molar-refractivity contribution in [3.63, 3.8) is 0 Å². The molecule has 4 nitrogen and oxygen atoms in total. The lowest BCUT2D eigenvalue weighted by molar-refractivity contribution is -0.114. The minimum absolute atomic E-state index is 0.111. The molecule has 0 saturated heterocycles. The van der Waals surface area contributed by atoms with E-state index in [1.165, 1.54) is 18.7 Å². The number of nitrogen functional groups attached to an aromatic ring is 1. The predicted molar refractivity (Wildman–Crippen MR) is 83.5 cm³/mol. The van der Waals surface area contributed by atoms with Gasteiger partial charge in [0.1, 0.15) is 10.8 Å². The second-order valence-electron chi connectivity index (χ2n) is 3.95. The molecule has 0 aliphatic heterocycles. The van der Waals surface area contributed by atoms with Crippen molar-refractivity contribution in [1.82, 2.24) is 4.98 Å². The van der Waals surface area contributed by atoms with E-state index in [2.05, 4.69) is 10.3 Å². The van der Waals surface area contributed by atoms with Crippen LogP contribution in [0.2, 0.25) is 10.0 Å². The van der Waals surface area contributed by atoms with Crippen LogP contribution in [0.25, 0.3) is 0 Å². The maximum absolute atomic E-state index is 10.9. The van der Waals surface area contributed by atoms with Gasteiger partial charge in [-0.2, -0.15) is 0 Å². The molecule has 0 saturated carbocycles. The Morgan fingerprint density at radius 3 is 2.50 bits per heavy atom. The number of nitrogens with zero attached hydrogens (tertiary/aromatic N) is 1. The average Bonchev–Trinajstić information content (AvgIpc) is 2.37. The third-order valence-corrected chi connectivity index (χ3v) is 4.03. The molecular weight excluding hydrogens is 317 g/mol. The number of aromatic nitrogens is 1. The fourth-order valence-electron chi connectivity index (χ4n) is 1.46. The Balaban J connectivity index is 2.18. The van der Waals surface area contributed by atoms with Crippen LogP contribution in [0.3, 0.4) is 0 Å². The van der Waals surface area contributed by atoms with E-state index in [1.807, 2.05) is 12.1 Å². The van der Waals surface area contributed by atoms with Crippen molar-refractivity contribution in [3.05, 3.63) is 40.4 Å². The van der Waals surface area contributed by atoms with Crippen LogP contribution in [-0.2, 0) is 4.79 Å². The number of nitrogens with two attached hydrogens (primary N) is 1. The van der Waals surface area contributed by atoms with E-state index in [4.69, 9.17) is 28.9 Å². The van der Waals surface area contributed by atoms with Crippen molar-refractivity contribution < 1.29 is 4.79 Å². The van der Waals surface area contributed by atoms with Gasteiger partial charge in [0.05, 0.1) is 10.0 Å². The van der Waals surface area contributed by atoms with Gasteiger partial charge in [0, 0.05) is 17.5 Å². The number of carbonyl (C=O) groups excluding carboxylic acids is 1. The van der Waals surface area contributed by atoms with Gasteiger partial charge in [-0.05, 0) is 30.3 Å². The molecule has 3 N–H and O–H groups in total. The highest BCUT2D eigenvalue weighted by atomic mass is 35.5. The predicted octanol–water partition coefficient (Wildman–Crippen LogP) is 4.08. The highest BCUT2D eigenvalue weighted by Crippen LogP contribution is 2.35. The Labute approximate surface area is 130 Å². The van der Waals surface area contributed by atoms with Gasteiger partial charge in [-0.15, -0.1) is 0 Å². The first-order valence-corrected chi connectivity index (χ1v) is 7.20. The standard InChI is InChI=1S/C13H11Cl2N3OS/c1-7(19)17-8-2-4-9(5-3-8)20-13-11(15)6-10(14)12(16)18-13/h2-6H,1H3,(H2,16,18)(H,17,19). The molecule has 104 valence electrons. The second-order valence-corrected chi connectivity index (χ2v) is 5.83. The van der Waals surface area contributed by atoms with E-state index in [-0.39, 0.29) is 11.7 Å². The van der Waals surface area contributed by atoms with Crippen LogP contribution in [0.4, 0.5) is 11.5 Å². The number of carbonyl (C=O) groups is 1. The molecule has 0 aliphatic carbocycles. The zero-order valence-corrected chi connectivity index (χ0v) is 12.8. The van der Waals surface area contributed by atoms with Gasteiger partial charge >= 0.3 is 0 Å². The summed E-state index contributed by atoms with van der Waals surface area (Å²) in [6, 6.07) is 8.89. The number of halogens is 2. The van der Waals surface area contributed by atoms with Crippen LogP contribution >= 0.6 is 35.0 Å². The molecule has 0 aliphatic rings. The molecule has 1 amide bonds. The molecule has 0 fully saturated rings. The van der Waals surface area contributed by atoms with Crippen LogP contribution in [0, 0.1) is 0 Å². The molecule has 1 aromatic carbocycles. The number of benzene rings is 1. The zero-order chi connectivity index (χ0) is 14.7. The molecule has 0 bridgehead atoms. The maximum Gasteiger partial charge on any atom is 0.221 e. The number of rotatable bonds is 3. The van der Waals surface area contributed by atoms with Crippen molar-refractivity contribution >= 4 is 52.4 Å². The Morgan fingerprint density at radius 2 is 1.90 bits per heavy atom. The lowest BCUT2D eigenvalue weighted by Gasteiger charge is -2.07. The molecule has 2 rings (SSSR count). The minimum atomic E-state index is -0.111. The lowest BCUT2D eigenvalue weighted by Crippen LogP contribution is -2.05. The summed E-state index contributed by atoms with van der Waals surface area (Å²) in [5.74, 6) is 0.133. The van der Waals surface area contributed by atoms with Crippen molar-refractivity contribution in [2.75, 3.05) is 11.1 Å². The van der Waals surface area contributed by atoms with Crippen molar-refractivity contribution in [1.29, 1.82) is 0 Å². The summed E-state index contributed by atoms with van der Waals surface area (Å²) in [4.78, 5) is 16.0. The van der Waals surface area contributed by atoms with Gasteiger partial charge in [0.25, 0.3) is 0 Å². The Bertz CT molecular complexity index is 647. The van der Waals surface area contributed by atoms with Gasteiger partial charge in [-0.3, -0.25) is 4.79 Å². The van der Waals surface area contributed by atoms with E-state index in [0.717, 1.165) is 10.6 Å². The fraction of sp³-hybridized carbons (Fsp3) is 0.0769.